The molecule has 1 aromatic carbocycles. The number of hydrogen-bond donors (Lipinski definition) is 2. The molecule has 2 aliphatic rings. The van der Waals surface area contributed by atoms with Crippen molar-refractivity contribution in [3.63, 3.8) is 0 Å². The van der Waals surface area contributed by atoms with Gasteiger partial charge >= 0.3 is 0 Å². The highest BCUT2D eigenvalue weighted by molar-refractivity contribution is 6.42. The van der Waals surface area contributed by atoms with Crippen LogP contribution >= 0.6 is 23.2 Å². The summed E-state index contributed by atoms with van der Waals surface area (Å²) in [7, 11) is 0. The third kappa shape index (κ3) is 4.61. The van der Waals surface area contributed by atoms with Crippen LogP contribution in [0.15, 0.2) is 18.2 Å². The molecule has 2 heterocycles. The van der Waals surface area contributed by atoms with E-state index >= 15 is 0 Å². The van der Waals surface area contributed by atoms with Gasteiger partial charge in [-0.05, 0) is 36.5 Å². The van der Waals surface area contributed by atoms with Crippen molar-refractivity contribution in [2.24, 2.45) is 5.92 Å². The smallest absolute Gasteiger partial charge is 0.222 e. The number of hydrazine groups is 1. The fourth-order valence-electron chi connectivity index (χ4n) is 3.20. The van der Waals surface area contributed by atoms with Crippen molar-refractivity contribution in [3.8, 4) is 0 Å². The molecule has 0 aromatic heterocycles. The summed E-state index contributed by atoms with van der Waals surface area (Å²) in [6.07, 6.45) is 2.47. The van der Waals surface area contributed by atoms with Crippen LogP contribution < -0.4 is 10.9 Å². The molecular weight excluding hydrogens is 349 g/mol. The number of ether oxygens (including phenoxy) is 1. The van der Waals surface area contributed by atoms with Gasteiger partial charge in [-0.1, -0.05) is 29.3 Å². The van der Waals surface area contributed by atoms with Crippen molar-refractivity contribution in [1.29, 1.82) is 0 Å². The largest absolute Gasteiger partial charge is 0.370 e. The number of halogens is 2. The number of nitrogens with zero attached hydrogens (tertiary/aromatic N) is 1. The molecule has 2 aliphatic heterocycles. The molecule has 24 heavy (non-hydrogen) atoms. The number of benzene rings is 1. The molecular formula is C17H23Cl2N3O2. The molecule has 5 nitrogen and oxygen atoms in total. The van der Waals surface area contributed by atoms with E-state index in [1.807, 2.05) is 17.0 Å². The van der Waals surface area contributed by atoms with Crippen LogP contribution in [0.1, 0.15) is 30.9 Å². The Balaban J connectivity index is 1.50. The van der Waals surface area contributed by atoms with E-state index in [9.17, 15) is 4.79 Å². The van der Waals surface area contributed by atoms with Crippen molar-refractivity contribution >= 4 is 29.1 Å². The molecule has 0 bridgehead atoms. The zero-order chi connectivity index (χ0) is 16.9. The van der Waals surface area contributed by atoms with Crippen molar-refractivity contribution < 1.29 is 9.53 Å². The fraction of sp³-hybridized carbons (Fsp3) is 0.588. The topological polar surface area (TPSA) is 53.6 Å². The predicted octanol–water partition coefficient (Wildman–Crippen LogP) is 2.79. The van der Waals surface area contributed by atoms with Gasteiger partial charge in [0.15, 0.2) is 0 Å². The Bertz CT molecular complexity index is 579. The lowest BCUT2D eigenvalue weighted by Crippen LogP contribution is -2.42. The number of nitrogens with one attached hydrogen (secondary N) is 2. The highest BCUT2D eigenvalue weighted by Gasteiger charge is 2.25. The van der Waals surface area contributed by atoms with Crippen molar-refractivity contribution in [3.05, 3.63) is 33.8 Å². The number of carbonyl (C=O) groups is 1. The summed E-state index contributed by atoms with van der Waals surface area (Å²) >= 11 is 12.0. The van der Waals surface area contributed by atoms with Gasteiger partial charge in [0.2, 0.25) is 5.91 Å². The molecule has 2 fully saturated rings. The van der Waals surface area contributed by atoms with Crippen LogP contribution in [0.4, 0.5) is 0 Å². The molecule has 3 rings (SSSR count). The van der Waals surface area contributed by atoms with Crippen LogP contribution in [0.5, 0.6) is 0 Å². The zero-order valence-corrected chi connectivity index (χ0v) is 15.1. The summed E-state index contributed by atoms with van der Waals surface area (Å²) in [4.78, 5) is 14.4. The monoisotopic (exact) mass is 371 g/mol. The van der Waals surface area contributed by atoms with Crippen LogP contribution in [-0.2, 0) is 9.53 Å². The van der Waals surface area contributed by atoms with Crippen LogP contribution in [0, 0.1) is 5.92 Å². The number of rotatable bonds is 5. The minimum atomic E-state index is -0.138. The lowest BCUT2D eigenvalue weighted by atomic mass is 10.0. The maximum absolute atomic E-state index is 12.5. The van der Waals surface area contributed by atoms with Gasteiger partial charge in [-0.15, -0.1) is 0 Å². The minimum absolute atomic E-state index is 0.138. The third-order valence-electron chi connectivity index (χ3n) is 4.64. The summed E-state index contributed by atoms with van der Waals surface area (Å²) in [6, 6.07) is 5.50. The van der Waals surface area contributed by atoms with E-state index in [-0.39, 0.29) is 12.0 Å². The summed E-state index contributed by atoms with van der Waals surface area (Å²) in [5, 5.41) is 1.04. The quantitative estimate of drug-likeness (QED) is 0.835. The van der Waals surface area contributed by atoms with Crippen molar-refractivity contribution in [1.82, 2.24) is 15.8 Å². The first-order valence-electron chi connectivity index (χ1n) is 8.43. The highest BCUT2D eigenvalue weighted by atomic mass is 35.5. The van der Waals surface area contributed by atoms with E-state index in [1.54, 1.807) is 6.07 Å². The van der Waals surface area contributed by atoms with E-state index in [0.717, 1.165) is 31.5 Å². The Hall–Kier alpha value is -0.850. The van der Waals surface area contributed by atoms with Gasteiger partial charge < -0.3 is 9.64 Å². The molecule has 1 atom stereocenters. The van der Waals surface area contributed by atoms with Gasteiger partial charge in [-0.2, -0.15) is 0 Å². The maximum Gasteiger partial charge on any atom is 0.222 e. The normalized spacial score (nSPS) is 22.1. The average Bonchev–Trinajstić information content (AvgIpc) is 3.11. The van der Waals surface area contributed by atoms with Crippen molar-refractivity contribution in [2.75, 3.05) is 32.8 Å². The van der Waals surface area contributed by atoms with E-state index in [2.05, 4.69) is 10.9 Å². The third-order valence-corrected chi connectivity index (χ3v) is 5.38. The Kier molecular flexibility index (Phi) is 6.36. The van der Waals surface area contributed by atoms with Crippen LogP contribution in [-0.4, -0.2) is 43.6 Å². The molecule has 1 amide bonds. The zero-order valence-electron chi connectivity index (χ0n) is 13.6. The molecule has 2 saturated heterocycles. The van der Waals surface area contributed by atoms with Crippen LogP contribution in [0.2, 0.25) is 10.0 Å². The average molecular weight is 372 g/mol. The van der Waals surface area contributed by atoms with E-state index in [1.165, 1.54) is 0 Å². The molecule has 0 aliphatic carbocycles. The Labute approximate surface area is 152 Å². The number of amides is 1. The summed E-state index contributed by atoms with van der Waals surface area (Å²) in [6.45, 7) is 3.76. The number of morpholine rings is 1. The Morgan fingerprint density at radius 2 is 2.04 bits per heavy atom. The van der Waals surface area contributed by atoms with Crippen molar-refractivity contribution in [2.45, 2.75) is 25.4 Å². The van der Waals surface area contributed by atoms with Gasteiger partial charge in [0, 0.05) is 26.1 Å². The number of hydrogen-bond acceptors (Lipinski definition) is 4. The Morgan fingerprint density at radius 3 is 2.79 bits per heavy atom. The van der Waals surface area contributed by atoms with Crippen LogP contribution in [0.25, 0.3) is 0 Å². The summed E-state index contributed by atoms with van der Waals surface area (Å²) in [5.41, 5.74) is 7.21. The first-order valence-corrected chi connectivity index (χ1v) is 9.19. The molecule has 0 saturated carbocycles. The number of carbonyl (C=O) groups excluding carboxylic acids is 1. The summed E-state index contributed by atoms with van der Waals surface area (Å²) < 4.78 is 5.81. The highest BCUT2D eigenvalue weighted by Crippen LogP contribution is 2.29. The van der Waals surface area contributed by atoms with Gasteiger partial charge in [0.05, 0.1) is 23.2 Å². The fourth-order valence-corrected chi connectivity index (χ4v) is 3.51. The van der Waals surface area contributed by atoms with E-state index < -0.39 is 0 Å². The standard InChI is InChI=1S/C17H23Cl2N3O2/c18-14-5-4-13(8-15(14)19)16-11-22(6-7-24-16)17(23)3-1-2-12-9-20-21-10-12/h4-5,8,12,16,20-21H,1-3,6-7,9-11H2. The molecule has 2 N–H and O–H groups in total. The van der Waals surface area contributed by atoms with Gasteiger partial charge in [-0.3, -0.25) is 15.6 Å². The molecule has 7 heteroatoms. The molecule has 1 unspecified atom stereocenters. The van der Waals surface area contributed by atoms with E-state index in [0.29, 0.717) is 42.1 Å². The lowest BCUT2D eigenvalue weighted by Gasteiger charge is -2.33. The van der Waals surface area contributed by atoms with Gasteiger partial charge in [-0.25, -0.2) is 0 Å². The molecule has 0 radical (unpaired) electrons. The second-order valence-corrected chi connectivity index (χ2v) is 7.21. The van der Waals surface area contributed by atoms with Crippen LogP contribution in [0.3, 0.4) is 0 Å². The molecule has 1 aromatic rings. The minimum Gasteiger partial charge on any atom is -0.370 e. The Morgan fingerprint density at radius 1 is 1.25 bits per heavy atom. The van der Waals surface area contributed by atoms with Gasteiger partial charge in [0.1, 0.15) is 6.10 Å². The van der Waals surface area contributed by atoms with Gasteiger partial charge in [0.25, 0.3) is 0 Å². The lowest BCUT2D eigenvalue weighted by molar-refractivity contribution is -0.139. The summed E-state index contributed by atoms with van der Waals surface area (Å²) in [5.74, 6) is 0.841. The predicted molar refractivity (Wildman–Crippen MR) is 95.1 cm³/mol. The second kappa shape index (κ2) is 8.50. The molecule has 0 spiro atoms. The van der Waals surface area contributed by atoms with E-state index in [4.69, 9.17) is 27.9 Å². The second-order valence-electron chi connectivity index (χ2n) is 6.39. The first-order chi connectivity index (χ1) is 11.6. The SMILES string of the molecule is O=C(CCCC1CNNC1)N1CCOC(c2ccc(Cl)c(Cl)c2)C1. The maximum atomic E-state index is 12.5. The first kappa shape index (κ1) is 18.0. The molecule has 132 valence electrons.